The van der Waals surface area contributed by atoms with Crippen molar-refractivity contribution in [1.82, 2.24) is 0 Å². The standard InChI is InChI=1S/C15H16FNO/c1-2-17(15-5-3-4-13(16)10-15)14-8-6-12(11-18)7-9-14/h3-10,18H,2,11H2,1H3. The molecule has 0 bridgehead atoms. The number of aliphatic hydroxyl groups is 1. The van der Waals surface area contributed by atoms with Crippen LogP contribution in [0.1, 0.15) is 12.5 Å². The smallest absolute Gasteiger partial charge is 0.125 e. The van der Waals surface area contributed by atoms with Gasteiger partial charge in [0.15, 0.2) is 0 Å². The Balaban J connectivity index is 2.32. The summed E-state index contributed by atoms with van der Waals surface area (Å²) in [5.41, 5.74) is 2.68. The van der Waals surface area contributed by atoms with Gasteiger partial charge in [-0.15, -0.1) is 0 Å². The predicted molar refractivity (Wildman–Crippen MR) is 71.4 cm³/mol. The fourth-order valence-electron chi connectivity index (χ4n) is 1.94. The molecule has 0 aromatic heterocycles. The van der Waals surface area contributed by atoms with E-state index in [1.807, 2.05) is 42.2 Å². The van der Waals surface area contributed by atoms with Crippen LogP contribution in [0.15, 0.2) is 48.5 Å². The van der Waals surface area contributed by atoms with Crippen molar-refractivity contribution < 1.29 is 9.50 Å². The van der Waals surface area contributed by atoms with Gasteiger partial charge in [-0.05, 0) is 42.8 Å². The molecule has 3 heteroatoms. The number of nitrogens with zero attached hydrogens (tertiary/aromatic N) is 1. The SMILES string of the molecule is CCN(c1ccc(CO)cc1)c1cccc(F)c1. The third-order valence-corrected chi connectivity index (χ3v) is 2.87. The first kappa shape index (κ1) is 12.6. The van der Waals surface area contributed by atoms with Crippen molar-refractivity contribution in [3.05, 3.63) is 59.9 Å². The molecule has 2 aromatic carbocycles. The molecule has 0 amide bonds. The number of rotatable bonds is 4. The molecule has 2 aromatic rings. The van der Waals surface area contributed by atoms with E-state index in [1.165, 1.54) is 12.1 Å². The summed E-state index contributed by atoms with van der Waals surface area (Å²) in [5.74, 6) is -0.238. The molecule has 0 saturated heterocycles. The Morgan fingerprint density at radius 2 is 1.78 bits per heavy atom. The van der Waals surface area contributed by atoms with E-state index >= 15 is 0 Å². The van der Waals surface area contributed by atoms with Gasteiger partial charge in [0.25, 0.3) is 0 Å². The summed E-state index contributed by atoms with van der Waals surface area (Å²) in [4.78, 5) is 2.02. The zero-order chi connectivity index (χ0) is 13.0. The van der Waals surface area contributed by atoms with Crippen molar-refractivity contribution in [2.24, 2.45) is 0 Å². The fraction of sp³-hybridized carbons (Fsp3) is 0.200. The lowest BCUT2D eigenvalue weighted by Crippen LogP contribution is -2.16. The molecule has 2 rings (SSSR count). The minimum Gasteiger partial charge on any atom is -0.392 e. The van der Waals surface area contributed by atoms with E-state index in [4.69, 9.17) is 5.11 Å². The van der Waals surface area contributed by atoms with Gasteiger partial charge in [-0.2, -0.15) is 0 Å². The molecular formula is C15H16FNO. The first-order valence-electron chi connectivity index (χ1n) is 5.97. The Morgan fingerprint density at radius 1 is 1.06 bits per heavy atom. The molecule has 2 nitrogen and oxygen atoms in total. The lowest BCUT2D eigenvalue weighted by molar-refractivity contribution is 0.282. The number of hydrogen-bond acceptors (Lipinski definition) is 2. The molecule has 0 fully saturated rings. The molecule has 18 heavy (non-hydrogen) atoms. The Kier molecular flexibility index (Phi) is 3.95. The van der Waals surface area contributed by atoms with E-state index < -0.39 is 0 Å². The second kappa shape index (κ2) is 5.65. The van der Waals surface area contributed by atoms with Gasteiger partial charge in [0.05, 0.1) is 6.61 Å². The number of halogens is 1. The highest BCUT2D eigenvalue weighted by molar-refractivity contribution is 5.63. The number of aliphatic hydroxyl groups excluding tert-OH is 1. The number of anilines is 2. The van der Waals surface area contributed by atoms with Crippen LogP contribution in [0.5, 0.6) is 0 Å². The molecule has 0 radical (unpaired) electrons. The van der Waals surface area contributed by atoms with Crippen molar-refractivity contribution in [3.8, 4) is 0 Å². The van der Waals surface area contributed by atoms with Crippen LogP contribution in [0, 0.1) is 5.82 Å². The summed E-state index contributed by atoms with van der Waals surface area (Å²) in [6.45, 7) is 2.80. The second-order valence-corrected chi connectivity index (χ2v) is 4.05. The largest absolute Gasteiger partial charge is 0.392 e. The van der Waals surface area contributed by atoms with E-state index in [2.05, 4.69) is 0 Å². The van der Waals surface area contributed by atoms with Crippen LogP contribution in [0.4, 0.5) is 15.8 Å². The van der Waals surface area contributed by atoms with Gasteiger partial charge < -0.3 is 10.0 Å². The lowest BCUT2D eigenvalue weighted by Gasteiger charge is -2.23. The molecular weight excluding hydrogens is 229 g/mol. The average molecular weight is 245 g/mol. The molecule has 1 N–H and O–H groups in total. The maximum absolute atomic E-state index is 13.2. The van der Waals surface area contributed by atoms with Crippen LogP contribution in [0.3, 0.4) is 0 Å². The van der Waals surface area contributed by atoms with Gasteiger partial charge in [0.1, 0.15) is 5.82 Å². The van der Waals surface area contributed by atoms with Crippen molar-refractivity contribution in [3.63, 3.8) is 0 Å². The van der Waals surface area contributed by atoms with Gasteiger partial charge >= 0.3 is 0 Å². The summed E-state index contributed by atoms with van der Waals surface area (Å²) in [5, 5.41) is 9.01. The van der Waals surface area contributed by atoms with Crippen molar-refractivity contribution >= 4 is 11.4 Å². The summed E-state index contributed by atoms with van der Waals surface area (Å²) in [7, 11) is 0. The highest BCUT2D eigenvalue weighted by Gasteiger charge is 2.07. The van der Waals surface area contributed by atoms with Gasteiger partial charge in [-0.1, -0.05) is 18.2 Å². The summed E-state index contributed by atoms with van der Waals surface area (Å²) >= 11 is 0. The van der Waals surface area contributed by atoms with E-state index in [-0.39, 0.29) is 12.4 Å². The molecule has 0 aliphatic carbocycles. The summed E-state index contributed by atoms with van der Waals surface area (Å²) in [6, 6.07) is 14.1. The Bertz CT molecular complexity index is 510. The first-order valence-corrected chi connectivity index (χ1v) is 5.97. The Labute approximate surface area is 106 Å². The topological polar surface area (TPSA) is 23.5 Å². The minimum atomic E-state index is -0.238. The summed E-state index contributed by atoms with van der Waals surface area (Å²) < 4.78 is 13.2. The third kappa shape index (κ3) is 2.68. The highest BCUT2D eigenvalue weighted by Crippen LogP contribution is 2.25. The summed E-state index contributed by atoms with van der Waals surface area (Å²) in [6.07, 6.45) is 0. The molecule has 0 unspecified atom stereocenters. The maximum atomic E-state index is 13.2. The fourth-order valence-corrected chi connectivity index (χ4v) is 1.94. The number of hydrogen-bond donors (Lipinski definition) is 1. The van der Waals surface area contributed by atoms with Crippen molar-refractivity contribution in [2.75, 3.05) is 11.4 Å². The highest BCUT2D eigenvalue weighted by atomic mass is 19.1. The normalized spacial score (nSPS) is 10.4. The van der Waals surface area contributed by atoms with Crippen LogP contribution in [-0.4, -0.2) is 11.7 Å². The maximum Gasteiger partial charge on any atom is 0.125 e. The second-order valence-electron chi connectivity index (χ2n) is 4.05. The van der Waals surface area contributed by atoms with Crippen LogP contribution < -0.4 is 4.90 Å². The minimum absolute atomic E-state index is 0.0341. The van der Waals surface area contributed by atoms with Gasteiger partial charge in [-0.25, -0.2) is 4.39 Å². The molecule has 0 aliphatic rings. The van der Waals surface area contributed by atoms with Crippen LogP contribution in [0.25, 0.3) is 0 Å². The molecule has 0 aliphatic heterocycles. The molecule has 0 atom stereocenters. The Hall–Kier alpha value is -1.87. The molecule has 94 valence electrons. The van der Waals surface area contributed by atoms with Crippen LogP contribution >= 0.6 is 0 Å². The zero-order valence-corrected chi connectivity index (χ0v) is 10.3. The van der Waals surface area contributed by atoms with Crippen LogP contribution in [0.2, 0.25) is 0 Å². The lowest BCUT2D eigenvalue weighted by atomic mass is 10.2. The molecule has 0 heterocycles. The van der Waals surface area contributed by atoms with Crippen molar-refractivity contribution in [2.45, 2.75) is 13.5 Å². The van der Waals surface area contributed by atoms with E-state index in [1.54, 1.807) is 6.07 Å². The third-order valence-electron chi connectivity index (χ3n) is 2.87. The van der Waals surface area contributed by atoms with Crippen molar-refractivity contribution in [1.29, 1.82) is 0 Å². The molecule has 0 saturated carbocycles. The zero-order valence-electron chi connectivity index (χ0n) is 10.3. The monoisotopic (exact) mass is 245 g/mol. The molecule has 0 spiro atoms. The van der Waals surface area contributed by atoms with Crippen LogP contribution in [-0.2, 0) is 6.61 Å². The first-order chi connectivity index (χ1) is 8.74. The van der Waals surface area contributed by atoms with E-state index in [9.17, 15) is 4.39 Å². The quantitative estimate of drug-likeness (QED) is 0.891. The van der Waals surface area contributed by atoms with Gasteiger partial charge in [0.2, 0.25) is 0 Å². The van der Waals surface area contributed by atoms with E-state index in [0.717, 1.165) is 23.5 Å². The number of benzene rings is 2. The predicted octanol–water partition coefficient (Wildman–Crippen LogP) is 3.48. The average Bonchev–Trinajstić information content (AvgIpc) is 2.40. The van der Waals surface area contributed by atoms with Gasteiger partial charge in [-0.3, -0.25) is 0 Å². The van der Waals surface area contributed by atoms with Gasteiger partial charge in [0, 0.05) is 17.9 Å². The van der Waals surface area contributed by atoms with E-state index in [0.29, 0.717) is 0 Å². The Morgan fingerprint density at radius 3 is 2.33 bits per heavy atom.